The Labute approximate surface area is 132 Å². The second-order valence-corrected chi connectivity index (χ2v) is 6.45. The van der Waals surface area contributed by atoms with Gasteiger partial charge in [0, 0.05) is 6.42 Å². The van der Waals surface area contributed by atoms with Gasteiger partial charge in [0.1, 0.15) is 0 Å². The quantitative estimate of drug-likeness (QED) is 0.463. The number of quaternary nitrogens is 1. The lowest BCUT2D eigenvalue weighted by molar-refractivity contribution is -0.870. The third-order valence-corrected chi connectivity index (χ3v) is 3.43. The maximum atomic E-state index is 12.0. The van der Waals surface area contributed by atoms with Crippen LogP contribution in [-0.4, -0.2) is 44.7 Å². The highest BCUT2D eigenvalue weighted by atomic mass is 16.5. The molecule has 2 aromatic rings. The normalized spacial score (nSPS) is 11.2. The number of hydrogen-bond donors (Lipinski definition) is 0. The van der Waals surface area contributed by atoms with Gasteiger partial charge in [-0.3, -0.25) is 0 Å². The van der Waals surface area contributed by atoms with Crippen molar-refractivity contribution in [1.29, 1.82) is 0 Å². The molecule has 0 atom stereocenters. The Balaban J connectivity index is 1.89. The number of hydrogen-bond acceptors (Lipinski definition) is 2. The van der Waals surface area contributed by atoms with E-state index in [9.17, 15) is 4.79 Å². The Morgan fingerprint density at radius 3 is 2.09 bits per heavy atom. The van der Waals surface area contributed by atoms with Crippen LogP contribution in [0.2, 0.25) is 0 Å². The third-order valence-electron chi connectivity index (χ3n) is 3.43. The summed E-state index contributed by atoms with van der Waals surface area (Å²) in [6.45, 7) is 1.45. The van der Waals surface area contributed by atoms with Crippen LogP contribution in [0, 0.1) is 0 Å². The molecule has 0 aliphatic rings. The number of rotatable bonds is 6. The molecule has 22 heavy (non-hydrogen) atoms. The van der Waals surface area contributed by atoms with Crippen molar-refractivity contribution in [2.75, 3.05) is 34.3 Å². The zero-order valence-electron chi connectivity index (χ0n) is 13.6. The molecule has 0 spiro atoms. The molecule has 0 heterocycles. The summed E-state index contributed by atoms with van der Waals surface area (Å²) in [5.41, 5.74) is 2.84. The van der Waals surface area contributed by atoms with E-state index in [-0.39, 0.29) is 5.97 Å². The summed E-state index contributed by atoms with van der Waals surface area (Å²) in [5, 5.41) is 0. The molecule has 0 fully saturated rings. The average Bonchev–Trinajstić information content (AvgIpc) is 2.51. The molecule has 0 radical (unpaired) electrons. The van der Waals surface area contributed by atoms with E-state index in [2.05, 4.69) is 33.3 Å². The van der Waals surface area contributed by atoms with E-state index in [0.717, 1.165) is 28.6 Å². The number of ether oxygens (including phenoxy) is 1. The van der Waals surface area contributed by atoms with E-state index < -0.39 is 0 Å². The van der Waals surface area contributed by atoms with Gasteiger partial charge in [-0.25, -0.2) is 4.79 Å². The van der Waals surface area contributed by atoms with Gasteiger partial charge in [-0.1, -0.05) is 42.5 Å². The van der Waals surface area contributed by atoms with Crippen LogP contribution in [0.1, 0.15) is 16.8 Å². The van der Waals surface area contributed by atoms with Crippen LogP contribution in [0.15, 0.2) is 54.6 Å². The Hall–Kier alpha value is -2.13. The molecule has 116 valence electrons. The van der Waals surface area contributed by atoms with Crippen molar-refractivity contribution in [2.45, 2.75) is 6.42 Å². The zero-order chi connectivity index (χ0) is 16.0. The number of carbonyl (C=O) groups is 1. The van der Waals surface area contributed by atoms with E-state index in [4.69, 9.17) is 4.74 Å². The molecule has 2 aromatic carbocycles. The highest BCUT2D eigenvalue weighted by Gasteiger charge is 2.10. The van der Waals surface area contributed by atoms with Gasteiger partial charge in [0.2, 0.25) is 0 Å². The lowest BCUT2D eigenvalue weighted by Crippen LogP contribution is -2.35. The van der Waals surface area contributed by atoms with E-state index in [0.29, 0.717) is 12.2 Å². The fourth-order valence-corrected chi connectivity index (χ4v) is 2.22. The molecule has 0 aliphatic carbocycles. The van der Waals surface area contributed by atoms with Gasteiger partial charge in [0.15, 0.2) is 0 Å². The lowest BCUT2D eigenvalue weighted by atomic mass is 10.0. The monoisotopic (exact) mass is 298 g/mol. The molecular formula is C19H24NO2+. The molecule has 0 aliphatic heterocycles. The number of esters is 1. The first kappa shape index (κ1) is 16.2. The fourth-order valence-electron chi connectivity index (χ4n) is 2.22. The fraction of sp³-hybridized carbons (Fsp3) is 0.316. The first-order chi connectivity index (χ1) is 10.5. The van der Waals surface area contributed by atoms with Crippen molar-refractivity contribution >= 4 is 5.97 Å². The largest absolute Gasteiger partial charge is 0.462 e. The summed E-state index contributed by atoms with van der Waals surface area (Å²) < 4.78 is 6.20. The van der Waals surface area contributed by atoms with Crippen molar-refractivity contribution < 1.29 is 14.0 Å². The van der Waals surface area contributed by atoms with Crippen LogP contribution in [0.25, 0.3) is 11.1 Å². The summed E-state index contributed by atoms with van der Waals surface area (Å²) in [4.78, 5) is 12.0. The average molecular weight is 298 g/mol. The van der Waals surface area contributed by atoms with E-state index in [1.54, 1.807) is 0 Å². The van der Waals surface area contributed by atoms with E-state index >= 15 is 0 Å². The van der Waals surface area contributed by atoms with E-state index in [1.807, 2.05) is 42.5 Å². The van der Waals surface area contributed by atoms with Crippen molar-refractivity contribution in [3.8, 4) is 11.1 Å². The molecule has 3 heteroatoms. The van der Waals surface area contributed by atoms with Crippen LogP contribution in [0.5, 0.6) is 0 Å². The Bertz CT molecular complexity index is 598. The second kappa shape index (κ2) is 7.23. The Morgan fingerprint density at radius 2 is 1.50 bits per heavy atom. The molecule has 0 saturated heterocycles. The zero-order valence-corrected chi connectivity index (χ0v) is 13.6. The molecule has 2 rings (SSSR count). The maximum Gasteiger partial charge on any atom is 0.338 e. The highest BCUT2D eigenvalue weighted by molar-refractivity contribution is 5.90. The highest BCUT2D eigenvalue weighted by Crippen LogP contribution is 2.19. The van der Waals surface area contributed by atoms with Crippen LogP contribution < -0.4 is 0 Å². The standard InChI is InChI=1S/C19H24NO2/c1-20(2,3)14-7-15-22-19(21)18-12-10-17(11-13-18)16-8-5-4-6-9-16/h4-6,8-13H,7,14-15H2,1-3H3/q+1. The minimum absolute atomic E-state index is 0.249. The van der Waals surface area contributed by atoms with Gasteiger partial charge in [0.05, 0.1) is 39.9 Å². The summed E-state index contributed by atoms with van der Waals surface area (Å²) in [7, 11) is 6.39. The summed E-state index contributed by atoms with van der Waals surface area (Å²) >= 11 is 0. The van der Waals surface area contributed by atoms with Gasteiger partial charge in [-0.2, -0.15) is 0 Å². The van der Waals surface area contributed by atoms with Gasteiger partial charge >= 0.3 is 5.97 Å². The molecule has 0 aromatic heterocycles. The first-order valence-corrected chi connectivity index (χ1v) is 7.59. The Morgan fingerprint density at radius 1 is 0.909 bits per heavy atom. The van der Waals surface area contributed by atoms with Gasteiger partial charge in [-0.15, -0.1) is 0 Å². The van der Waals surface area contributed by atoms with Gasteiger partial charge in [0.25, 0.3) is 0 Å². The summed E-state index contributed by atoms with van der Waals surface area (Å²) in [5.74, 6) is -0.249. The smallest absolute Gasteiger partial charge is 0.338 e. The van der Waals surface area contributed by atoms with Crippen LogP contribution in [0.4, 0.5) is 0 Å². The summed E-state index contributed by atoms with van der Waals surface area (Å²) in [6.07, 6.45) is 0.872. The number of nitrogens with zero attached hydrogens (tertiary/aromatic N) is 1. The van der Waals surface area contributed by atoms with Crippen LogP contribution in [-0.2, 0) is 4.74 Å². The van der Waals surface area contributed by atoms with Crippen LogP contribution >= 0.6 is 0 Å². The molecule has 0 bridgehead atoms. The number of carbonyl (C=O) groups excluding carboxylic acids is 1. The molecule has 3 nitrogen and oxygen atoms in total. The van der Waals surface area contributed by atoms with Crippen LogP contribution in [0.3, 0.4) is 0 Å². The predicted molar refractivity (Wildman–Crippen MR) is 89.7 cm³/mol. The Kier molecular flexibility index (Phi) is 5.34. The third kappa shape index (κ3) is 5.01. The molecule has 0 N–H and O–H groups in total. The predicted octanol–water partition coefficient (Wildman–Crippen LogP) is 3.61. The summed E-state index contributed by atoms with van der Waals surface area (Å²) in [6, 6.07) is 17.7. The van der Waals surface area contributed by atoms with Crippen molar-refractivity contribution in [3.05, 3.63) is 60.2 Å². The topological polar surface area (TPSA) is 26.3 Å². The first-order valence-electron chi connectivity index (χ1n) is 7.59. The van der Waals surface area contributed by atoms with Gasteiger partial charge < -0.3 is 9.22 Å². The molecular weight excluding hydrogens is 274 g/mol. The van der Waals surface area contributed by atoms with Crippen molar-refractivity contribution in [1.82, 2.24) is 0 Å². The maximum absolute atomic E-state index is 12.0. The lowest BCUT2D eigenvalue weighted by Gasteiger charge is -2.23. The SMILES string of the molecule is C[N+](C)(C)CCCOC(=O)c1ccc(-c2ccccc2)cc1. The number of benzene rings is 2. The van der Waals surface area contributed by atoms with Crippen molar-refractivity contribution in [2.24, 2.45) is 0 Å². The molecule has 0 amide bonds. The molecule has 0 saturated carbocycles. The minimum Gasteiger partial charge on any atom is -0.462 e. The van der Waals surface area contributed by atoms with Gasteiger partial charge in [-0.05, 0) is 23.3 Å². The van der Waals surface area contributed by atoms with E-state index in [1.165, 1.54) is 0 Å². The molecule has 0 unspecified atom stereocenters. The minimum atomic E-state index is -0.249. The second-order valence-electron chi connectivity index (χ2n) is 6.45. The van der Waals surface area contributed by atoms with Crippen molar-refractivity contribution in [3.63, 3.8) is 0 Å².